The van der Waals surface area contributed by atoms with Gasteiger partial charge in [-0.3, -0.25) is 9.59 Å². The zero-order valence-electron chi connectivity index (χ0n) is 16.9. The van der Waals surface area contributed by atoms with E-state index in [-0.39, 0.29) is 17.7 Å². The van der Waals surface area contributed by atoms with Gasteiger partial charge in [-0.1, -0.05) is 43.7 Å². The molecular weight excluding hydrogens is 348 g/mol. The van der Waals surface area contributed by atoms with E-state index in [1.54, 1.807) is 0 Å². The van der Waals surface area contributed by atoms with Gasteiger partial charge >= 0.3 is 0 Å². The van der Waals surface area contributed by atoms with Crippen LogP contribution in [0.5, 0.6) is 0 Å². The van der Waals surface area contributed by atoms with Crippen LogP contribution in [0.3, 0.4) is 0 Å². The van der Waals surface area contributed by atoms with Crippen LogP contribution in [0.15, 0.2) is 48.5 Å². The number of nitrogens with zero attached hydrogens (tertiary/aromatic N) is 1. The lowest BCUT2D eigenvalue weighted by Gasteiger charge is -2.31. The van der Waals surface area contributed by atoms with E-state index in [1.165, 1.54) is 18.4 Å². The highest BCUT2D eigenvalue weighted by atomic mass is 16.2. The summed E-state index contributed by atoms with van der Waals surface area (Å²) in [6, 6.07) is 15.8. The zero-order valence-corrected chi connectivity index (χ0v) is 16.9. The van der Waals surface area contributed by atoms with Crippen molar-refractivity contribution in [1.29, 1.82) is 0 Å². The van der Waals surface area contributed by atoms with E-state index in [2.05, 4.69) is 24.4 Å². The predicted molar refractivity (Wildman–Crippen MR) is 113 cm³/mol. The first-order valence-electron chi connectivity index (χ1n) is 10.3. The third-order valence-electron chi connectivity index (χ3n) is 5.57. The molecule has 1 aliphatic rings. The summed E-state index contributed by atoms with van der Waals surface area (Å²) >= 11 is 0. The first-order valence-corrected chi connectivity index (χ1v) is 10.3. The predicted octanol–water partition coefficient (Wildman–Crippen LogP) is 4.83. The van der Waals surface area contributed by atoms with Gasteiger partial charge in [-0.05, 0) is 61.9 Å². The molecule has 1 aliphatic heterocycles. The second-order valence-corrected chi connectivity index (χ2v) is 7.67. The summed E-state index contributed by atoms with van der Waals surface area (Å²) in [5.74, 6) is 0.0876. The number of amides is 2. The molecule has 148 valence electrons. The topological polar surface area (TPSA) is 49.4 Å². The Hall–Kier alpha value is -2.62. The van der Waals surface area contributed by atoms with Crippen molar-refractivity contribution in [2.75, 3.05) is 18.4 Å². The van der Waals surface area contributed by atoms with Gasteiger partial charge in [0.25, 0.3) is 5.91 Å². The van der Waals surface area contributed by atoms with E-state index >= 15 is 0 Å². The molecule has 2 aromatic carbocycles. The van der Waals surface area contributed by atoms with E-state index in [9.17, 15) is 9.59 Å². The van der Waals surface area contributed by atoms with Crippen molar-refractivity contribution in [3.8, 4) is 0 Å². The summed E-state index contributed by atoms with van der Waals surface area (Å²) in [4.78, 5) is 27.2. The van der Waals surface area contributed by atoms with Crippen LogP contribution < -0.4 is 5.32 Å². The number of nitrogens with one attached hydrogen (secondary N) is 1. The van der Waals surface area contributed by atoms with Crippen molar-refractivity contribution < 1.29 is 9.59 Å². The van der Waals surface area contributed by atoms with Crippen molar-refractivity contribution in [3.63, 3.8) is 0 Å². The van der Waals surface area contributed by atoms with Gasteiger partial charge in [0.1, 0.15) is 0 Å². The fraction of sp³-hybridized carbons (Fsp3) is 0.417. The lowest BCUT2D eigenvalue weighted by molar-refractivity contribution is -0.121. The number of carbonyl (C=O) groups excluding carboxylic acids is 2. The highest BCUT2D eigenvalue weighted by molar-refractivity contribution is 5.96. The number of hydrogen-bond donors (Lipinski definition) is 1. The number of carbonyl (C=O) groups is 2. The number of aryl methyl sites for hydroxylation is 2. The van der Waals surface area contributed by atoms with Crippen molar-refractivity contribution in [2.24, 2.45) is 5.92 Å². The summed E-state index contributed by atoms with van der Waals surface area (Å²) in [7, 11) is 0. The molecule has 4 nitrogen and oxygen atoms in total. The van der Waals surface area contributed by atoms with Crippen LogP contribution in [0.2, 0.25) is 0 Å². The molecule has 0 spiro atoms. The summed E-state index contributed by atoms with van der Waals surface area (Å²) in [6.07, 6.45) is 4.86. The molecule has 2 aromatic rings. The SMILES string of the molecule is CCCCc1ccc(NC(=O)C2CCN(C(=O)c3ccccc3C)CC2)cc1. The van der Waals surface area contributed by atoms with Crippen LogP contribution in [0.1, 0.15) is 54.1 Å². The molecule has 1 N–H and O–H groups in total. The van der Waals surface area contributed by atoms with Crippen LogP contribution >= 0.6 is 0 Å². The number of anilines is 1. The third kappa shape index (κ3) is 5.00. The maximum absolute atomic E-state index is 12.7. The molecule has 0 bridgehead atoms. The fourth-order valence-corrected chi connectivity index (χ4v) is 3.71. The molecule has 2 amide bonds. The highest BCUT2D eigenvalue weighted by Crippen LogP contribution is 2.22. The number of hydrogen-bond acceptors (Lipinski definition) is 2. The standard InChI is InChI=1S/C24H30N2O2/c1-3-4-8-19-10-12-21(13-11-19)25-23(27)20-14-16-26(17-15-20)24(28)22-9-6-5-7-18(22)2/h5-7,9-13,20H,3-4,8,14-17H2,1-2H3,(H,25,27). The summed E-state index contributed by atoms with van der Waals surface area (Å²) in [5.41, 5.74) is 3.91. The van der Waals surface area contributed by atoms with E-state index in [1.807, 2.05) is 48.2 Å². The Labute approximate surface area is 167 Å². The van der Waals surface area contributed by atoms with Crippen molar-refractivity contribution in [2.45, 2.75) is 46.0 Å². The fourth-order valence-electron chi connectivity index (χ4n) is 3.71. The first kappa shape index (κ1) is 20.1. The van der Waals surface area contributed by atoms with Gasteiger partial charge < -0.3 is 10.2 Å². The highest BCUT2D eigenvalue weighted by Gasteiger charge is 2.28. The van der Waals surface area contributed by atoms with Crippen molar-refractivity contribution in [1.82, 2.24) is 4.90 Å². The van der Waals surface area contributed by atoms with Crippen LogP contribution in [0.4, 0.5) is 5.69 Å². The van der Waals surface area contributed by atoms with Gasteiger partial charge in [0, 0.05) is 30.3 Å². The molecule has 1 heterocycles. The number of benzene rings is 2. The summed E-state index contributed by atoms with van der Waals surface area (Å²) in [5, 5.41) is 3.04. The van der Waals surface area contributed by atoms with E-state index in [4.69, 9.17) is 0 Å². The smallest absolute Gasteiger partial charge is 0.254 e. The second-order valence-electron chi connectivity index (χ2n) is 7.67. The molecule has 0 saturated carbocycles. The van der Waals surface area contributed by atoms with Gasteiger partial charge in [-0.15, -0.1) is 0 Å². The van der Waals surface area contributed by atoms with Crippen LogP contribution in [-0.2, 0) is 11.2 Å². The third-order valence-corrected chi connectivity index (χ3v) is 5.57. The largest absolute Gasteiger partial charge is 0.339 e. The van der Waals surface area contributed by atoms with E-state index < -0.39 is 0 Å². The van der Waals surface area contributed by atoms with Crippen molar-refractivity contribution in [3.05, 3.63) is 65.2 Å². The minimum absolute atomic E-state index is 0.0410. The number of likely N-dealkylation sites (tertiary alicyclic amines) is 1. The Morgan fingerprint density at radius 2 is 1.71 bits per heavy atom. The molecule has 1 saturated heterocycles. The van der Waals surface area contributed by atoms with Gasteiger partial charge in [-0.25, -0.2) is 0 Å². The van der Waals surface area contributed by atoms with Crippen LogP contribution in [0, 0.1) is 12.8 Å². The van der Waals surface area contributed by atoms with E-state index in [0.29, 0.717) is 25.9 Å². The Kier molecular flexibility index (Phi) is 6.85. The Morgan fingerprint density at radius 1 is 1.04 bits per heavy atom. The molecule has 4 heteroatoms. The average molecular weight is 379 g/mol. The summed E-state index contributed by atoms with van der Waals surface area (Å²) in [6.45, 7) is 5.40. The normalized spacial score (nSPS) is 14.7. The number of rotatable bonds is 6. The molecular formula is C24H30N2O2. The Balaban J connectivity index is 1.51. The maximum atomic E-state index is 12.7. The van der Waals surface area contributed by atoms with E-state index in [0.717, 1.165) is 23.2 Å². The Bertz CT molecular complexity index is 806. The van der Waals surface area contributed by atoms with Crippen LogP contribution in [-0.4, -0.2) is 29.8 Å². The molecule has 0 aromatic heterocycles. The van der Waals surface area contributed by atoms with Gasteiger partial charge in [0.2, 0.25) is 5.91 Å². The molecule has 0 atom stereocenters. The second kappa shape index (κ2) is 9.54. The minimum Gasteiger partial charge on any atom is -0.339 e. The number of unbranched alkanes of at least 4 members (excludes halogenated alkanes) is 1. The molecule has 1 fully saturated rings. The molecule has 0 radical (unpaired) electrons. The molecule has 0 unspecified atom stereocenters. The van der Waals surface area contributed by atoms with Gasteiger partial charge in [0.05, 0.1) is 0 Å². The van der Waals surface area contributed by atoms with Crippen molar-refractivity contribution >= 4 is 17.5 Å². The quantitative estimate of drug-likeness (QED) is 0.783. The van der Waals surface area contributed by atoms with Gasteiger partial charge in [-0.2, -0.15) is 0 Å². The molecule has 28 heavy (non-hydrogen) atoms. The maximum Gasteiger partial charge on any atom is 0.254 e. The van der Waals surface area contributed by atoms with Crippen LogP contribution in [0.25, 0.3) is 0 Å². The molecule has 3 rings (SSSR count). The average Bonchev–Trinajstić information content (AvgIpc) is 2.73. The van der Waals surface area contributed by atoms with Gasteiger partial charge in [0.15, 0.2) is 0 Å². The lowest BCUT2D eigenvalue weighted by atomic mass is 9.95. The summed E-state index contributed by atoms with van der Waals surface area (Å²) < 4.78 is 0. The zero-order chi connectivity index (χ0) is 19.9. The monoisotopic (exact) mass is 378 g/mol. The Morgan fingerprint density at radius 3 is 2.36 bits per heavy atom. The first-order chi connectivity index (χ1) is 13.6. The molecule has 0 aliphatic carbocycles. The minimum atomic E-state index is -0.0410. The number of piperidine rings is 1. The lowest BCUT2D eigenvalue weighted by Crippen LogP contribution is -2.41.